The van der Waals surface area contributed by atoms with E-state index in [1.807, 2.05) is 0 Å². The Labute approximate surface area is 361 Å². The Hall–Kier alpha value is -1.59. The monoisotopic (exact) mass is 821 g/mol. The molecule has 0 bridgehead atoms. The zero-order valence-corrected chi connectivity index (χ0v) is 39.5. The Morgan fingerprint density at radius 2 is 0.569 bits per heavy atom. The maximum absolute atomic E-state index is 12.7. The van der Waals surface area contributed by atoms with Gasteiger partial charge >= 0.3 is 17.9 Å². The molecule has 344 valence electrons. The summed E-state index contributed by atoms with van der Waals surface area (Å²) in [6, 6.07) is 0. The molecule has 0 saturated carbocycles. The number of rotatable bonds is 47. The third kappa shape index (κ3) is 45.5. The highest BCUT2D eigenvalue weighted by atomic mass is 16.6. The van der Waals surface area contributed by atoms with Gasteiger partial charge in [0, 0.05) is 19.3 Å². The number of esters is 3. The highest BCUT2D eigenvalue weighted by Gasteiger charge is 2.19. The molecular formula is C52H100O6. The van der Waals surface area contributed by atoms with Crippen molar-refractivity contribution in [3.8, 4) is 0 Å². The summed E-state index contributed by atoms with van der Waals surface area (Å²) in [6.07, 6.45) is 48.0. The third-order valence-electron chi connectivity index (χ3n) is 11.8. The van der Waals surface area contributed by atoms with E-state index in [0.29, 0.717) is 19.3 Å². The second kappa shape index (κ2) is 46.5. The van der Waals surface area contributed by atoms with Gasteiger partial charge in [-0.1, -0.05) is 252 Å². The van der Waals surface area contributed by atoms with Crippen LogP contribution in [0.4, 0.5) is 0 Å². The topological polar surface area (TPSA) is 78.9 Å². The number of carbonyl (C=O) groups is 3. The van der Waals surface area contributed by atoms with Crippen LogP contribution in [0.3, 0.4) is 0 Å². The Balaban J connectivity index is 4.28. The maximum Gasteiger partial charge on any atom is 0.306 e. The van der Waals surface area contributed by atoms with Crippen molar-refractivity contribution in [2.75, 3.05) is 13.2 Å². The predicted molar refractivity (Wildman–Crippen MR) is 247 cm³/mol. The summed E-state index contributed by atoms with van der Waals surface area (Å²) in [7, 11) is 0. The molecule has 0 rings (SSSR count). The molecule has 0 aliphatic heterocycles. The van der Waals surface area contributed by atoms with Crippen molar-refractivity contribution in [3.63, 3.8) is 0 Å². The lowest BCUT2D eigenvalue weighted by molar-refractivity contribution is -0.167. The van der Waals surface area contributed by atoms with E-state index in [-0.39, 0.29) is 31.1 Å². The lowest BCUT2D eigenvalue weighted by Crippen LogP contribution is -2.30. The Morgan fingerprint density at radius 3 is 0.845 bits per heavy atom. The van der Waals surface area contributed by atoms with E-state index >= 15 is 0 Å². The van der Waals surface area contributed by atoms with Gasteiger partial charge in [0.25, 0.3) is 0 Å². The molecule has 0 aromatic carbocycles. The van der Waals surface area contributed by atoms with Gasteiger partial charge in [0.05, 0.1) is 0 Å². The van der Waals surface area contributed by atoms with Crippen molar-refractivity contribution >= 4 is 17.9 Å². The summed E-state index contributed by atoms with van der Waals surface area (Å²) in [5.41, 5.74) is 0. The summed E-state index contributed by atoms with van der Waals surface area (Å²) in [5, 5.41) is 0. The smallest absolute Gasteiger partial charge is 0.306 e. The molecular weight excluding hydrogens is 721 g/mol. The van der Waals surface area contributed by atoms with E-state index in [2.05, 4.69) is 27.7 Å². The number of ether oxygens (including phenoxy) is 3. The summed E-state index contributed by atoms with van der Waals surface area (Å²) in [4.78, 5) is 37.9. The molecule has 6 nitrogen and oxygen atoms in total. The zero-order valence-electron chi connectivity index (χ0n) is 39.5. The van der Waals surface area contributed by atoms with Gasteiger partial charge in [-0.15, -0.1) is 0 Å². The fourth-order valence-corrected chi connectivity index (χ4v) is 7.86. The zero-order chi connectivity index (χ0) is 42.4. The second-order valence-electron chi connectivity index (χ2n) is 18.3. The number of carbonyl (C=O) groups excluding carboxylic acids is 3. The van der Waals surface area contributed by atoms with Gasteiger partial charge in [-0.05, 0) is 25.2 Å². The summed E-state index contributed by atoms with van der Waals surface area (Å²) >= 11 is 0. The van der Waals surface area contributed by atoms with Gasteiger partial charge in [-0.2, -0.15) is 0 Å². The van der Waals surface area contributed by atoms with Crippen molar-refractivity contribution in [2.24, 2.45) is 5.92 Å². The summed E-state index contributed by atoms with van der Waals surface area (Å²) < 4.78 is 16.8. The second-order valence-corrected chi connectivity index (χ2v) is 18.3. The molecule has 0 heterocycles. The normalized spacial score (nSPS) is 11.9. The third-order valence-corrected chi connectivity index (χ3v) is 11.8. The van der Waals surface area contributed by atoms with E-state index in [9.17, 15) is 14.4 Å². The SMILES string of the molecule is CCCCCCCCCCCCCCCCCCC(=O)OC[C@H](COC(=O)CCCCCCCCCCCCCCC)OC(=O)CCCCCCCCCCC(C)C. The van der Waals surface area contributed by atoms with Crippen LogP contribution in [0.5, 0.6) is 0 Å². The first-order valence-corrected chi connectivity index (χ1v) is 25.9. The van der Waals surface area contributed by atoms with Crippen LogP contribution in [0.2, 0.25) is 0 Å². The van der Waals surface area contributed by atoms with E-state index < -0.39 is 6.10 Å². The molecule has 0 unspecified atom stereocenters. The van der Waals surface area contributed by atoms with Crippen LogP contribution in [-0.2, 0) is 28.6 Å². The molecule has 0 aromatic heterocycles. The van der Waals surface area contributed by atoms with Crippen molar-refractivity contribution < 1.29 is 28.6 Å². The van der Waals surface area contributed by atoms with Crippen LogP contribution in [0.15, 0.2) is 0 Å². The number of hydrogen-bond acceptors (Lipinski definition) is 6. The molecule has 0 fully saturated rings. The average molecular weight is 821 g/mol. The molecule has 0 amide bonds. The minimum absolute atomic E-state index is 0.0632. The van der Waals surface area contributed by atoms with Gasteiger partial charge < -0.3 is 14.2 Å². The van der Waals surface area contributed by atoms with Crippen LogP contribution in [-0.4, -0.2) is 37.2 Å². The average Bonchev–Trinajstić information content (AvgIpc) is 3.21. The summed E-state index contributed by atoms with van der Waals surface area (Å²) in [5.74, 6) is -0.0530. The number of hydrogen-bond donors (Lipinski definition) is 0. The minimum atomic E-state index is -0.760. The molecule has 0 aromatic rings. The van der Waals surface area contributed by atoms with Gasteiger partial charge in [0.2, 0.25) is 0 Å². The Kier molecular flexibility index (Phi) is 45.2. The van der Waals surface area contributed by atoms with Gasteiger partial charge in [0.1, 0.15) is 13.2 Å². The van der Waals surface area contributed by atoms with Crippen LogP contribution in [0, 0.1) is 5.92 Å². The van der Waals surface area contributed by atoms with Gasteiger partial charge in [0.15, 0.2) is 6.10 Å². The van der Waals surface area contributed by atoms with E-state index in [0.717, 1.165) is 63.7 Å². The first-order valence-electron chi connectivity index (χ1n) is 25.9. The van der Waals surface area contributed by atoms with E-state index in [1.165, 1.54) is 186 Å². The van der Waals surface area contributed by atoms with Crippen LogP contribution in [0.25, 0.3) is 0 Å². The Morgan fingerprint density at radius 1 is 0.328 bits per heavy atom. The molecule has 1 atom stereocenters. The lowest BCUT2D eigenvalue weighted by Gasteiger charge is -2.18. The maximum atomic E-state index is 12.7. The molecule has 6 heteroatoms. The van der Waals surface area contributed by atoms with Crippen LogP contribution >= 0.6 is 0 Å². The van der Waals surface area contributed by atoms with Crippen LogP contribution < -0.4 is 0 Å². The van der Waals surface area contributed by atoms with E-state index in [1.54, 1.807) is 0 Å². The van der Waals surface area contributed by atoms with Crippen molar-refractivity contribution in [2.45, 2.75) is 297 Å². The first-order chi connectivity index (χ1) is 28.4. The largest absolute Gasteiger partial charge is 0.462 e. The molecule has 0 aliphatic rings. The fourth-order valence-electron chi connectivity index (χ4n) is 7.86. The minimum Gasteiger partial charge on any atom is -0.462 e. The fraction of sp³-hybridized carbons (Fsp3) is 0.942. The molecule has 58 heavy (non-hydrogen) atoms. The van der Waals surface area contributed by atoms with Gasteiger partial charge in [-0.25, -0.2) is 0 Å². The lowest BCUT2D eigenvalue weighted by atomic mass is 10.0. The standard InChI is InChI=1S/C52H100O6/c1-5-7-9-11-13-15-17-19-20-21-23-25-27-32-36-40-44-51(54)57-47-49(58-52(55)45-41-37-33-29-28-30-34-38-42-48(3)4)46-56-50(53)43-39-35-31-26-24-22-18-16-14-12-10-8-6-2/h48-49H,5-47H2,1-4H3/t49-/m0/s1. The highest BCUT2D eigenvalue weighted by Crippen LogP contribution is 2.17. The van der Waals surface area contributed by atoms with Crippen molar-refractivity contribution in [1.82, 2.24) is 0 Å². The summed E-state index contributed by atoms with van der Waals surface area (Å²) in [6.45, 7) is 8.99. The molecule has 0 saturated heterocycles. The predicted octanol–water partition coefficient (Wildman–Crippen LogP) is 16.7. The number of unbranched alkanes of at least 4 members (excludes halogenated alkanes) is 34. The first kappa shape index (κ1) is 56.4. The quantitative estimate of drug-likeness (QED) is 0.0346. The Bertz CT molecular complexity index is 872. The molecule has 0 N–H and O–H groups in total. The van der Waals surface area contributed by atoms with Crippen molar-refractivity contribution in [3.05, 3.63) is 0 Å². The van der Waals surface area contributed by atoms with E-state index in [4.69, 9.17) is 14.2 Å². The van der Waals surface area contributed by atoms with Crippen molar-refractivity contribution in [1.29, 1.82) is 0 Å². The highest BCUT2D eigenvalue weighted by molar-refractivity contribution is 5.71. The molecule has 0 aliphatic carbocycles. The van der Waals surface area contributed by atoms with Gasteiger partial charge in [-0.3, -0.25) is 14.4 Å². The molecule has 0 spiro atoms. The van der Waals surface area contributed by atoms with Crippen LogP contribution in [0.1, 0.15) is 291 Å². The molecule has 0 radical (unpaired) electrons.